The highest BCUT2D eigenvalue weighted by atomic mass is 16.5. The molecule has 0 bridgehead atoms. The van der Waals surface area contributed by atoms with Crippen molar-refractivity contribution >= 4 is 11.4 Å². The highest BCUT2D eigenvalue weighted by molar-refractivity contribution is 5.68. The van der Waals surface area contributed by atoms with Crippen LogP contribution in [0.2, 0.25) is 0 Å². The minimum Gasteiger partial charge on any atom is -0.497 e. The molecule has 1 fully saturated rings. The van der Waals surface area contributed by atoms with Crippen LogP contribution in [0.1, 0.15) is 40.0 Å². The number of methoxy groups -OCH3 is 1. The van der Waals surface area contributed by atoms with Crippen molar-refractivity contribution in [2.75, 3.05) is 18.2 Å². The largest absolute Gasteiger partial charge is 0.497 e. The van der Waals surface area contributed by atoms with Crippen molar-refractivity contribution in [2.45, 2.75) is 46.3 Å². The summed E-state index contributed by atoms with van der Waals surface area (Å²) in [5.74, 6) is 2.80. The number of aliphatic hydroxyl groups is 1. The molecule has 0 amide bonds. The van der Waals surface area contributed by atoms with E-state index in [4.69, 9.17) is 10.5 Å². The Hall–Kier alpha value is -1.42. The number of anilines is 2. The first-order valence-corrected chi connectivity index (χ1v) is 8.30. The summed E-state index contributed by atoms with van der Waals surface area (Å²) < 4.78 is 5.16. The van der Waals surface area contributed by atoms with Gasteiger partial charge in [0.15, 0.2) is 0 Å². The maximum atomic E-state index is 10.7. The van der Waals surface area contributed by atoms with Gasteiger partial charge in [0, 0.05) is 12.0 Å². The number of hydrogen-bond acceptors (Lipinski definition) is 4. The lowest BCUT2D eigenvalue weighted by Crippen LogP contribution is -2.40. The number of aliphatic hydroxyl groups excluding tert-OH is 1. The fourth-order valence-corrected chi connectivity index (χ4v) is 3.70. The predicted octanol–water partition coefficient (Wildman–Crippen LogP) is 3.72. The van der Waals surface area contributed by atoms with Crippen LogP contribution in [0.4, 0.5) is 11.4 Å². The van der Waals surface area contributed by atoms with Gasteiger partial charge in [-0.25, -0.2) is 0 Å². The van der Waals surface area contributed by atoms with Crippen molar-refractivity contribution in [3.8, 4) is 5.75 Å². The van der Waals surface area contributed by atoms with Gasteiger partial charge in [-0.1, -0.05) is 27.2 Å². The Morgan fingerprint density at radius 3 is 2.59 bits per heavy atom. The van der Waals surface area contributed by atoms with E-state index in [-0.39, 0.29) is 5.92 Å². The molecule has 22 heavy (non-hydrogen) atoms. The summed E-state index contributed by atoms with van der Waals surface area (Å²) in [6.07, 6.45) is 2.95. The average molecular weight is 306 g/mol. The number of nitrogens with two attached hydrogens (primary N) is 1. The first-order chi connectivity index (χ1) is 10.4. The zero-order valence-electron chi connectivity index (χ0n) is 14.2. The van der Waals surface area contributed by atoms with Gasteiger partial charge in [0.05, 0.1) is 18.5 Å². The number of nitrogens with one attached hydrogen (secondary N) is 1. The van der Waals surface area contributed by atoms with Crippen molar-refractivity contribution in [2.24, 2.45) is 23.7 Å². The standard InChI is InChI=1S/C18H30N2O2/c1-11(2)14-7-5-12(3)9-15(14)18(21)20-17-8-6-13(22-4)10-16(17)19/h6,8,10-12,14-15,18,20-21H,5,7,9,19H2,1-4H3/t12-,14+,15-,18?/m1/s1. The quantitative estimate of drug-likeness (QED) is 0.573. The van der Waals surface area contributed by atoms with Crippen molar-refractivity contribution in [3.05, 3.63) is 18.2 Å². The summed E-state index contributed by atoms with van der Waals surface area (Å²) in [4.78, 5) is 0. The average Bonchev–Trinajstić information content (AvgIpc) is 2.48. The zero-order chi connectivity index (χ0) is 16.3. The zero-order valence-corrected chi connectivity index (χ0v) is 14.2. The molecule has 1 aliphatic rings. The second-order valence-electron chi connectivity index (χ2n) is 7.03. The van der Waals surface area contributed by atoms with Crippen molar-refractivity contribution in [1.82, 2.24) is 0 Å². The van der Waals surface area contributed by atoms with Gasteiger partial charge in [0.1, 0.15) is 12.0 Å². The Morgan fingerprint density at radius 1 is 1.27 bits per heavy atom. The van der Waals surface area contributed by atoms with Crippen molar-refractivity contribution in [1.29, 1.82) is 0 Å². The van der Waals surface area contributed by atoms with Gasteiger partial charge >= 0.3 is 0 Å². The molecule has 4 heteroatoms. The Morgan fingerprint density at radius 2 is 2.00 bits per heavy atom. The minimum absolute atomic E-state index is 0.269. The fourth-order valence-electron chi connectivity index (χ4n) is 3.70. The Balaban J connectivity index is 2.10. The van der Waals surface area contributed by atoms with Crippen molar-refractivity contribution in [3.63, 3.8) is 0 Å². The molecule has 1 aromatic rings. The van der Waals surface area contributed by atoms with Crippen LogP contribution < -0.4 is 15.8 Å². The molecule has 0 saturated heterocycles. The van der Waals surface area contributed by atoms with E-state index in [2.05, 4.69) is 26.1 Å². The second-order valence-corrected chi connectivity index (χ2v) is 7.03. The van der Waals surface area contributed by atoms with E-state index < -0.39 is 6.23 Å². The Labute approximate surface area is 134 Å². The maximum Gasteiger partial charge on any atom is 0.127 e. The third kappa shape index (κ3) is 3.86. The Kier molecular flexibility index (Phi) is 5.57. The first-order valence-electron chi connectivity index (χ1n) is 8.30. The number of nitrogen functional groups attached to an aromatic ring is 1. The smallest absolute Gasteiger partial charge is 0.127 e. The SMILES string of the molecule is COc1ccc(NC(O)[C@@H]2C[C@H](C)CC[C@H]2C(C)C)c(N)c1. The molecule has 1 unspecified atom stereocenters. The predicted molar refractivity (Wildman–Crippen MR) is 91.9 cm³/mol. The molecule has 2 rings (SSSR count). The lowest BCUT2D eigenvalue weighted by molar-refractivity contribution is 0.0320. The van der Waals surface area contributed by atoms with E-state index in [0.29, 0.717) is 23.4 Å². The molecule has 124 valence electrons. The second kappa shape index (κ2) is 7.23. The van der Waals surface area contributed by atoms with Crippen LogP contribution in [-0.4, -0.2) is 18.4 Å². The maximum absolute atomic E-state index is 10.7. The van der Waals surface area contributed by atoms with Gasteiger partial charge in [0.2, 0.25) is 0 Å². The third-order valence-corrected chi connectivity index (χ3v) is 5.04. The van der Waals surface area contributed by atoms with Gasteiger partial charge in [-0.3, -0.25) is 0 Å². The topological polar surface area (TPSA) is 67.5 Å². The Bertz CT molecular complexity index is 490. The van der Waals surface area contributed by atoms with E-state index in [0.717, 1.165) is 17.9 Å². The highest BCUT2D eigenvalue weighted by Crippen LogP contribution is 2.40. The van der Waals surface area contributed by atoms with Crippen LogP contribution in [0.15, 0.2) is 18.2 Å². The number of rotatable bonds is 5. The first kappa shape index (κ1) is 16.9. The van der Waals surface area contributed by atoms with Gasteiger partial charge in [-0.2, -0.15) is 0 Å². The van der Waals surface area contributed by atoms with E-state index in [1.807, 2.05) is 12.1 Å². The highest BCUT2D eigenvalue weighted by Gasteiger charge is 2.35. The summed E-state index contributed by atoms with van der Waals surface area (Å²) in [5.41, 5.74) is 7.42. The molecule has 1 aromatic carbocycles. The molecule has 0 radical (unpaired) electrons. The third-order valence-electron chi connectivity index (χ3n) is 5.04. The lowest BCUT2D eigenvalue weighted by Gasteiger charge is -2.40. The summed E-state index contributed by atoms with van der Waals surface area (Å²) in [5, 5.41) is 13.9. The molecule has 4 atom stereocenters. The van der Waals surface area contributed by atoms with Gasteiger partial charge in [-0.15, -0.1) is 0 Å². The monoisotopic (exact) mass is 306 g/mol. The summed E-state index contributed by atoms with van der Waals surface area (Å²) in [6, 6.07) is 5.50. The van der Waals surface area contributed by atoms with Crippen LogP contribution in [0.5, 0.6) is 5.75 Å². The summed E-state index contributed by atoms with van der Waals surface area (Å²) in [7, 11) is 1.62. The lowest BCUT2D eigenvalue weighted by atomic mass is 9.69. The van der Waals surface area contributed by atoms with Crippen LogP contribution in [-0.2, 0) is 0 Å². The van der Waals surface area contributed by atoms with E-state index >= 15 is 0 Å². The van der Waals surface area contributed by atoms with Gasteiger partial charge in [0.25, 0.3) is 0 Å². The fraction of sp³-hybridized carbons (Fsp3) is 0.667. The molecular weight excluding hydrogens is 276 g/mol. The van der Waals surface area contributed by atoms with Gasteiger partial charge in [-0.05, 0) is 42.7 Å². The number of hydrogen-bond donors (Lipinski definition) is 3. The van der Waals surface area contributed by atoms with E-state index in [9.17, 15) is 5.11 Å². The molecule has 0 heterocycles. The molecule has 1 aliphatic carbocycles. The van der Waals surface area contributed by atoms with Gasteiger partial charge < -0.3 is 20.9 Å². The van der Waals surface area contributed by atoms with Crippen LogP contribution in [0.3, 0.4) is 0 Å². The number of ether oxygens (including phenoxy) is 1. The minimum atomic E-state index is -0.564. The molecule has 1 saturated carbocycles. The van der Waals surface area contributed by atoms with Crippen LogP contribution in [0.25, 0.3) is 0 Å². The molecular formula is C18H30N2O2. The molecule has 0 aromatic heterocycles. The summed E-state index contributed by atoms with van der Waals surface area (Å²) in [6.45, 7) is 6.78. The molecule has 4 nitrogen and oxygen atoms in total. The van der Waals surface area contributed by atoms with Crippen LogP contribution in [0, 0.1) is 23.7 Å². The molecule has 0 spiro atoms. The number of benzene rings is 1. The molecule has 4 N–H and O–H groups in total. The van der Waals surface area contributed by atoms with E-state index in [1.165, 1.54) is 12.8 Å². The van der Waals surface area contributed by atoms with E-state index in [1.54, 1.807) is 13.2 Å². The summed E-state index contributed by atoms with van der Waals surface area (Å²) >= 11 is 0. The normalized spacial score (nSPS) is 26.7. The molecule has 0 aliphatic heterocycles. The van der Waals surface area contributed by atoms with Crippen LogP contribution >= 0.6 is 0 Å². The van der Waals surface area contributed by atoms with Crippen molar-refractivity contribution < 1.29 is 9.84 Å².